The molecule has 1 aliphatic heterocycles. The molecule has 0 spiro atoms. The number of Topliss-reactive ketones (excluding diaryl/α,β-unsaturated/α-hetero) is 1. The topological polar surface area (TPSA) is 78.6 Å². The van der Waals surface area contributed by atoms with E-state index >= 15 is 0 Å². The number of ether oxygens (including phenoxy) is 2. The third-order valence-electron chi connectivity index (χ3n) is 4.81. The zero-order valence-electron chi connectivity index (χ0n) is 15.4. The van der Waals surface area contributed by atoms with Crippen molar-refractivity contribution >= 4 is 23.5 Å². The first-order valence-corrected chi connectivity index (χ1v) is 9.66. The maximum absolute atomic E-state index is 13.0. The van der Waals surface area contributed by atoms with E-state index in [9.17, 15) is 9.59 Å². The van der Waals surface area contributed by atoms with Gasteiger partial charge in [0, 0.05) is 23.3 Å². The minimum atomic E-state index is -0.578. The van der Waals surface area contributed by atoms with Gasteiger partial charge in [0.05, 0.1) is 13.0 Å². The third kappa shape index (κ3) is 3.26. The van der Waals surface area contributed by atoms with Crippen molar-refractivity contribution in [3.8, 4) is 0 Å². The van der Waals surface area contributed by atoms with E-state index in [1.807, 2.05) is 44.4 Å². The molecule has 6 heteroatoms. The molecule has 5 nitrogen and oxygen atoms in total. The smallest absolute Gasteiger partial charge is 0.340 e. The molecule has 0 saturated carbocycles. The predicted molar refractivity (Wildman–Crippen MR) is 100 cm³/mol. The van der Waals surface area contributed by atoms with E-state index in [-0.39, 0.29) is 22.7 Å². The number of allylic oxidation sites excluding steroid dienone is 2. The molecule has 0 bridgehead atoms. The number of esters is 1. The van der Waals surface area contributed by atoms with Gasteiger partial charge >= 0.3 is 5.97 Å². The van der Waals surface area contributed by atoms with Gasteiger partial charge in [-0.3, -0.25) is 4.79 Å². The first-order chi connectivity index (χ1) is 12.3. The predicted octanol–water partition coefficient (Wildman–Crippen LogP) is 3.51. The fourth-order valence-electron chi connectivity index (χ4n) is 3.62. The maximum atomic E-state index is 13.0. The second-order valence-electron chi connectivity index (χ2n) is 7.36. The van der Waals surface area contributed by atoms with E-state index in [0.29, 0.717) is 24.2 Å². The highest BCUT2D eigenvalue weighted by atomic mass is 32.2. The minimum Gasteiger partial charge on any atom is -0.465 e. The molecule has 138 valence electrons. The molecule has 0 amide bonds. The summed E-state index contributed by atoms with van der Waals surface area (Å²) in [5.41, 5.74) is 7.43. The highest BCUT2D eigenvalue weighted by molar-refractivity contribution is 7.98. The van der Waals surface area contributed by atoms with Crippen LogP contribution in [0.3, 0.4) is 0 Å². The molecule has 0 aromatic heterocycles. The summed E-state index contributed by atoms with van der Waals surface area (Å²) in [7, 11) is 1.30. The summed E-state index contributed by atoms with van der Waals surface area (Å²) in [5.74, 6) is -0.573. The summed E-state index contributed by atoms with van der Waals surface area (Å²) < 4.78 is 10.7. The molecule has 1 atom stereocenters. The molecule has 0 saturated heterocycles. The van der Waals surface area contributed by atoms with Crippen LogP contribution in [0, 0.1) is 5.41 Å². The fraction of sp³-hybridized carbons (Fsp3) is 0.400. The molecule has 0 radical (unpaired) electrons. The SMILES string of the molecule is COC(=O)C1=C(N)OC2=C(C(=O)CC(C)(C)C2)[C@H]1c1ccc(SC)cc1. The summed E-state index contributed by atoms with van der Waals surface area (Å²) >= 11 is 1.63. The van der Waals surface area contributed by atoms with Crippen molar-refractivity contribution in [3.63, 3.8) is 0 Å². The normalized spacial score (nSPS) is 22.0. The molecule has 0 unspecified atom stereocenters. The van der Waals surface area contributed by atoms with Crippen LogP contribution in [0.25, 0.3) is 0 Å². The Bertz CT molecular complexity index is 821. The summed E-state index contributed by atoms with van der Waals surface area (Å²) in [6, 6.07) is 7.79. The molecule has 2 N–H and O–H groups in total. The van der Waals surface area contributed by atoms with Crippen LogP contribution < -0.4 is 5.73 Å². The number of carbonyl (C=O) groups is 2. The lowest BCUT2D eigenvalue weighted by molar-refractivity contribution is -0.136. The highest BCUT2D eigenvalue weighted by Gasteiger charge is 2.44. The van der Waals surface area contributed by atoms with E-state index in [1.54, 1.807) is 11.8 Å². The van der Waals surface area contributed by atoms with Crippen molar-refractivity contribution in [2.75, 3.05) is 13.4 Å². The van der Waals surface area contributed by atoms with Crippen LogP contribution in [0.1, 0.15) is 38.2 Å². The Morgan fingerprint density at radius 2 is 1.92 bits per heavy atom. The minimum absolute atomic E-state index is 0.0101. The van der Waals surface area contributed by atoms with Gasteiger partial charge in [0.25, 0.3) is 0 Å². The standard InChI is InChI=1S/C20H23NO4S/c1-20(2)9-13(22)16-14(10-20)25-18(21)17(19(23)24-3)15(16)11-5-7-12(26-4)8-6-11/h5-8,15H,9-10,21H2,1-4H3/t15-/m1/s1. The zero-order chi connectivity index (χ0) is 19.1. The van der Waals surface area contributed by atoms with Crippen molar-refractivity contribution in [2.24, 2.45) is 11.1 Å². The largest absolute Gasteiger partial charge is 0.465 e. The van der Waals surface area contributed by atoms with Crippen molar-refractivity contribution in [1.82, 2.24) is 0 Å². The van der Waals surface area contributed by atoms with Crippen LogP contribution in [-0.2, 0) is 19.1 Å². The number of nitrogens with two attached hydrogens (primary N) is 1. The van der Waals surface area contributed by atoms with Gasteiger partial charge in [0.15, 0.2) is 5.78 Å². The Labute approximate surface area is 157 Å². The average molecular weight is 373 g/mol. The molecule has 1 aromatic carbocycles. The summed E-state index contributed by atoms with van der Waals surface area (Å²) in [6.45, 7) is 4.05. The first kappa shape index (κ1) is 18.6. The number of carbonyl (C=O) groups excluding carboxylic acids is 2. The molecule has 1 heterocycles. The molecule has 3 rings (SSSR count). The Morgan fingerprint density at radius 1 is 1.27 bits per heavy atom. The highest BCUT2D eigenvalue weighted by Crippen LogP contribution is 2.48. The first-order valence-electron chi connectivity index (χ1n) is 8.43. The number of benzene rings is 1. The molecular formula is C20H23NO4S. The lowest BCUT2D eigenvalue weighted by atomic mass is 9.70. The van der Waals surface area contributed by atoms with Gasteiger partial charge in [-0.1, -0.05) is 26.0 Å². The van der Waals surface area contributed by atoms with Crippen LogP contribution >= 0.6 is 11.8 Å². The lowest BCUT2D eigenvalue weighted by Crippen LogP contribution is -2.35. The van der Waals surface area contributed by atoms with Gasteiger partial charge < -0.3 is 15.2 Å². The Balaban J connectivity index is 2.17. The van der Waals surface area contributed by atoms with Crippen molar-refractivity contribution in [2.45, 2.75) is 37.5 Å². The van der Waals surface area contributed by atoms with Gasteiger partial charge in [-0.15, -0.1) is 11.8 Å². The van der Waals surface area contributed by atoms with Crippen LogP contribution in [-0.4, -0.2) is 25.1 Å². The number of hydrogen-bond acceptors (Lipinski definition) is 6. The number of rotatable bonds is 3. The Hall–Kier alpha value is -2.21. The lowest BCUT2D eigenvalue weighted by Gasteiger charge is -2.37. The monoisotopic (exact) mass is 373 g/mol. The van der Waals surface area contributed by atoms with Gasteiger partial charge in [-0.2, -0.15) is 0 Å². The van der Waals surface area contributed by atoms with Crippen molar-refractivity contribution < 1.29 is 19.1 Å². The van der Waals surface area contributed by atoms with E-state index in [4.69, 9.17) is 15.2 Å². The number of methoxy groups -OCH3 is 1. The van der Waals surface area contributed by atoms with Gasteiger partial charge in [0.2, 0.25) is 5.88 Å². The van der Waals surface area contributed by atoms with Crippen molar-refractivity contribution in [1.29, 1.82) is 0 Å². The quantitative estimate of drug-likeness (QED) is 0.645. The maximum Gasteiger partial charge on any atom is 0.340 e. The van der Waals surface area contributed by atoms with Crippen LogP contribution in [0.15, 0.2) is 51.9 Å². The van der Waals surface area contributed by atoms with E-state index in [2.05, 4.69) is 0 Å². The van der Waals surface area contributed by atoms with E-state index < -0.39 is 11.9 Å². The molecule has 26 heavy (non-hydrogen) atoms. The summed E-state index contributed by atoms with van der Waals surface area (Å²) in [5, 5.41) is 0. The van der Waals surface area contributed by atoms with Crippen LogP contribution in [0.5, 0.6) is 0 Å². The second kappa shape index (κ2) is 6.83. The number of hydrogen-bond donors (Lipinski definition) is 1. The molecule has 2 aliphatic rings. The van der Waals surface area contributed by atoms with Crippen LogP contribution in [0.2, 0.25) is 0 Å². The van der Waals surface area contributed by atoms with Gasteiger partial charge in [-0.05, 0) is 29.4 Å². The number of thioether (sulfide) groups is 1. The second-order valence-corrected chi connectivity index (χ2v) is 8.24. The average Bonchev–Trinajstić information content (AvgIpc) is 2.59. The van der Waals surface area contributed by atoms with E-state index in [0.717, 1.165) is 10.5 Å². The molecular weight excluding hydrogens is 350 g/mol. The Morgan fingerprint density at radius 3 is 2.50 bits per heavy atom. The summed E-state index contributed by atoms with van der Waals surface area (Å²) in [4.78, 5) is 26.5. The molecule has 1 aromatic rings. The molecule has 1 aliphatic carbocycles. The van der Waals surface area contributed by atoms with Gasteiger partial charge in [0.1, 0.15) is 11.3 Å². The molecule has 0 fully saturated rings. The zero-order valence-corrected chi connectivity index (χ0v) is 16.2. The number of ketones is 1. The Kier molecular flexibility index (Phi) is 4.88. The fourth-order valence-corrected chi connectivity index (χ4v) is 4.03. The third-order valence-corrected chi connectivity index (χ3v) is 5.55. The summed E-state index contributed by atoms with van der Waals surface area (Å²) in [6.07, 6.45) is 3.00. The van der Waals surface area contributed by atoms with E-state index in [1.165, 1.54) is 7.11 Å². The van der Waals surface area contributed by atoms with Crippen molar-refractivity contribution in [3.05, 3.63) is 52.6 Å². The van der Waals surface area contributed by atoms with Gasteiger partial charge in [-0.25, -0.2) is 4.79 Å². The van der Waals surface area contributed by atoms with Crippen LogP contribution in [0.4, 0.5) is 0 Å².